The summed E-state index contributed by atoms with van der Waals surface area (Å²) < 4.78 is 53.0. The average Bonchev–Trinajstić information content (AvgIpc) is 2.37. The summed E-state index contributed by atoms with van der Waals surface area (Å²) in [6.45, 7) is -1.07. The van der Waals surface area contributed by atoms with E-state index < -0.39 is 24.9 Å². The lowest BCUT2D eigenvalue weighted by atomic mass is 10.1. The molecule has 0 amide bonds. The standard InChI is InChI=1S/C12H13F3O5/c1-18-7-3-4-8(9(5-7)19-2)11(12(13,14)15)20-6-10(16)17/h3-5,11H,6H2,1-2H3,(H,16,17)/t11-/m0/s1. The molecule has 0 bridgehead atoms. The molecule has 1 N–H and O–H groups in total. The first-order chi connectivity index (χ1) is 9.29. The Morgan fingerprint density at radius 2 is 1.95 bits per heavy atom. The van der Waals surface area contributed by atoms with Crippen LogP contribution in [0.5, 0.6) is 11.5 Å². The Morgan fingerprint density at radius 1 is 1.30 bits per heavy atom. The number of benzene rings is 1. The van der Waals surface area contributed by atoms with Gasteiger partial charge < -0.3 is 19.3 Å². The maximum Gasteiger partial charge on any atom is 0.419 e. The molecule has 0 spiro atoms. The monoisotopic (exact) mass is 294 g/mol. The van der Waals surface area contributed by atoms with E-state index in [-0.39, 0.29) is 11.3 Å². The first-order valence-corrected chi connectivity index (χ1v) is 5.41. The van der Waals surface area contributed by atoms with Gasteiger partial charge in [0.25, 0.3) is 0 Å². The first-order valence-electron chi connectivity index (χ1n) is 5.41. The van der Waals surface area contributed by atoms with Crippen LogP contribution in [-0.4, -0.2) is 38.1 Å². The number of methoxy groups -OCH3 is 2. The minimum Gasteiger partial charge on any atom is -0.497 e. The number of ether oxygens (including phenoxy) is 3. The molecular formula is C12H13F3O5. The maximum absolute atomic E-state index is 13.0. The molecule has 0 heterocycles. The highest BCUT2D eigenvalue weighted by Gasteiger charge is 2.43. The van der Waals surface area contributed by atoms with Crippen molar-refractivity contribution in [3.05, 3.63) is 23.8 Å². The lowest BCUT2D eigenvalue weighted by molar-refractivity contribution is -0.225. The summed E-state index contributed by atoms with van der Waals surface area (Å²) in [6.07, 6.45) is -7.16. The summed E-state index contributed by atoms with van der Waals surface area (Å²) in [5.41, 5.74) is -0.318. The molecule has 20 heavy (non-hydrogen) atoms. The van der Waals surface area contributed by atoms with Gasteiger partial charge in [0.05, 0.1) is 14.2 Å². The number of rotatable bonds is 6. The van der Waals surface area contributed by atoms with Crippen LogP contribution < -0.4 is 9.47 Å². The van der Waals surface area contributed by atoms with Crippen molar-refractivity contribution >= 4 is 5.97 Å². The molecule has 1 atom stereocenters. The fourth-order valence-corrected chi connectivity index (χ4v) is 1.55. The van der Waals surface area contributed by atoms with Crippen molar-refractivity contribution in [1.29, 1.82) is 0 Å². The molecule has 0 unspecified atom stereocenters. The molecule has 0 aliphatic heterocycles. The predicted octanol–water partition coefficient (Wildman–Crippen LogP) is 2.41. The summed E-state index contributed by atoms with van der Waals surface area (Å²) in [6, 6.07) is 3.69. The number of hydrogen-bond acceptors (Lipinski definition) is 4. The van der Waals surface area contributed by atoms with Crippen molar-refractivity contribution in [2.45, 2.75) is 12.3 Å². The Morgan fingerprint density at radius 3 is 2.40 bits per heavy atom. The maximum atomic E-state index is 13.0. The molecule has 0 aliphatic carbocycles. The zero-order chi connectivity index (χ0) is 15.3. The summed E-state index contributed by atoms with van der Waals surface area (Å²) >= 11 is 0. The third-order valence-electron chi connectivity index (χ3n) is 2.39. The molecule has 0 saturated carbocycles. The second-order valence-corrected chi connectivity index (χ2v) is 3.73. The molecule has 112 valence electrons. The van der Waals surface area contributed by atoms with E-state index in [0.29, 0.717) is 5.75 Å². The van der Waals surface area contributed by atoms with Crippen LogP contribution in [0.15, 0.2) is 18.2 Å². The van der Waals surface area contributed by atoms with Gasteiger partial charge in [-0.25, -0.2) is 4.79 Å². The fraction of sp³-hybridized carbons (Fsp3) is 0.417. The van der Waals surface area contributed by atoms with Gasteiger partial charge in [-0.05, 0) is 12.1 Å². The molecule has 0 fully saturated rings. The van der Waals surface area contributed by atoms with Crippen LogP contribution in [0.25, 0.3) is 0 Å². The number of carboxylic acids is 1. The third kappa shape index (κ3) is 4.02. The van der Waals surface area contributed by atoms with E-state index in [4.69, 9.17) is 14.6 Å². The molecule has 0 aromatic heterocycles. The van der Waals surface area contributed by atoms with Gasteiger partial charge in [-0.2, -0.15) is 13.2 Å². The number of hydrogen-bond donors (Lipinski definition) is 1. The fourth-order valence-electron chi connectivity index (χ4n) is 1.55. The van der Waals surface area contributed by atoms with Gasteiger partial charge >= 0.3 is 12.1 Å². The number of carbonyl (C=O) groups is 1. The molecule has 1 aromatic carbocycles. The number of aliphatic carboxylic acids is 1. The zero-order valence-corrected chi connectivity index (χ0v) is 10.7. The number of carboxylic acid groups (broad SMARTS) is 1. The molecule has 1 rings (SSSR count). The van der Waals surface area contributed by atoms with E-state index in [1.807, 2.05) is 0 Å². The van der Waals surface area contributed by atoms with Gasteiger partial charge in [-0.15, -0.1) is 0 Å². The van der Waals surface area contributed by atoms with E-state index >= 15 is 0 Å². The van der Waals surface area contributed by atoms with E-state index in [9.17, 15) is 18.0 Å². The second-order valence-electron chi connectivity index (χ2n) is 3.73. The SMILES string of the molecule is COc1ccc([C@H](OCC(=O)O)C(F)(F)F)c(OC)c1. The van der Waals surface area contributed by atoms with Gasteiger partial charge in [0.2, 0.25) is 0 Å². The summed E-state index contributed by atoms with van der Waals surface area (Å²) in [4.78, 5) is 10.4. The van der Waals surface area contributed by atoms with Crippen LogP contribution in [-0.2, 0) is 9.53 Å². The molecule has 0 aliphatic rings. The summed E-state index contributed by atoms with van der Waals surface area (Å²) in [5.74, 6) is -1.28. The van der Waals surface area contributed by atoms with E-state index in [2.05, 4.69) is 4.74 Å². The van der Waals surface area contributed by atoms with Crippen molar-refractivity contribution in [3.8, 4) is 11.5 Å². The first kappa shape index (κ1) is 16.1. The topological polar surface area (TPSA) is 65.0 Å². The minimum atomic E-state index is -4.77. The minimum absolute atomic E-state index is 0.0999. The van der Waals surface area contributed by atoms with Gasteiger partial charge in [-0.1, -0.05) is 0 Å². The molecule has 5 nitrogen and oxygen atoms in total. The van der Waals surface area contributed by atoms with Gasteiger partial charge in [0.15, 0.2) is 6.10 Å². The van der Waals surface area contributed by atoms with Crippen LogP contribution in [0.2, 0.25) is 0 Å². The highest BCUT2D eigenvalue weighted by atomic mass is 19.4. The van der Waals surface area contributed by atoms with Crippen molar-refractivity contribution in [2.24, 2.45) is 0 Å². The molecule has 0 saturated heterocycles. The average molecular weight is 294 g/mol. The molecule has 1 aromatic rings. The Kier molecular flexibility index (Phi) is 5.20. The van der Waals surface area contributed by atoms with E-state index in [0.717, 1.165) is 6.07 Å². The van der Waals surface area contributed by atoms with Crippen LogP contribution in [0.3, 0.4) is 0 Å². The highest BCUT2D eigenvalue weighted by molar-refractivity contribution is 5.68. The largest absolute Gasteiger partial charge is 0.497 e. The molecule has 8 heteroatoms. The van der Waals surface area contributed by atoms with Gasteiger partial charge in [0.1, 0.15) is 18.1 Å². The zero-order valence-electron chi connectivity index (χ0n) is 10.7. The van der Waals surface area contributed by atoms with Crippen molar-refractivity contribution < 1.29 is 37.3 Å². The van der Waals surface area contributed by atoms with Gasteiger partial charge in [-0.3, -0.25) is 0 Å². The van der Waals surface area contributed by atoms with Crippen molar-refractivity contribution in [2.75, 3.05) is 20.8 Å². The quantitative estimate of drug-likeness (QED) is 0.872. The lowest BCUT2D eigenvalue weighted by Gasteiger charge is -2.22. The molecule has 0 radical (unpaired) electrons. The smallest absolute Gasteiger partial charge is 0.419 e. The Labute approximate surface area is 112 Å². The van der Waals surface area contributed by atoms with E-state index in [1.165, 1.54) is 26.4 Å². The Hall–Kier alpha value is -1.96. The van der Waals surface area contributed by atoms with Gasteiger partial charge in [0, 0.05) is 11.6 Å². The van der Waals surface area contributed by atoms with Crippen molar-refractivity contribution in [1.82, 2.24) is 0 Å². The van der Waals surface area contributed by atoms with Crippen LogP contribution >= 0.6 is 0 Å². The molecular weight excluding hydrogens is 281 g/mol. The second kappa shape index (κ2) is 6.47. The summed E-state index contributed by atoms with van der Waals surface area (Å²) in [5, 5.41) is 8.44. The Balaban J connectivity index is 3.16. The highest BCUT2D eigenvalue weighted by Crippen LogP contribution is 2.41. The number of alkyl halides is 3. The number of halogens is 3. The van der Waals surface area contributed by atoms with Crippen LogP contribution in [0, 0.1) is 0 Å². The summed E-state index contributed by atoms with van der Waals surface area (Å²) in [7, 11) is 2.56. The third-order valence-corrected chi connectivity index (χ3v) is 2.39. The van der Waals surface area contributed by atoms with Crippen molar-refractivity contribution in [3.63, 3.8) is 0 Å². The van der Waals surface area contributed by atoms with E-state index in [1.54, 1.807) is 0 Å². The lowest BCUT2D eigenvalue weighted by Crippen LogP contribution is -2.26. The Bertz CT molecular complexity index is 473. The van der Waals surface area contributed by atoms with Crippen LogP contribution in [0.1, 0.15) is 11.7 Å². The normalized spacial score (nSPS) is 12.8. The van der Waals surface area contributed by atoms with Crippen LogP contribution in [0.4, 0.5) is 13.2 Å². The predicted molar refractivity (Wildman–Crippen MR) is 61.9 cm³/mol.